The fourth-order valence-electron chi connectivity index (χ4n) is 1.77. The van der Waals surface area contributed by atoms with Gasteiger partial charge in [0.2, 0.25) is 0 Å². The molecular weight excluding hydrogens is 321 g/mol. The van der Waals surface area contributed by atoms with E-state index in [4.69, 9.17) is 0 Å². The van der Waals surface area contributed by atoms with Crippen molar-refractivity contribution in [2.45, 2.75) is 12.5 Å². The van der Waals surface area contributed by atoms with Crippen LogP contribution in [0.1, 0.15) is 17.2 Å². The molecule has 0 aliphatic rings. The maximum Gasteiger partial charge on any atom is 0.194 e. The van der Waals surface area contributed by atoms with Crippen LogP contribution < -0.4 is 0 Å². The van der Waals surface area contributed by atoms with E-state index >= 15 is 0 Å². The summed E-state index contributed by atoms with van der Waals surface area (Å²) in [6.07, 6.45) is -0.914. The molecule has 19 heavy (non-hydrogen) atoms. The van der Waals surface area contributed by atoms with Crippen molar-refractivity contribution in [3.05, 3.63) is 69.4 Å². The molecule has 1 nitrogen and oxygen atoms in total. The number of benzene rings is 2. The van der Waals surface area contributed by atoms with E-state index in [0.717, 1.165) is 22.2 Å². The van der Waals surface area contributed by atoms with Crippen LogP contribution >= 0.6 is 15.9 Å². The van der Waals surface area contributed by atoms with E-state index in [0.29, 0.717) is 0 Å². The van der Waals surface area contributed by atoms with Crippen molar-refractivity contribution in [3.8, 4) is 0 Å². The smallest absolute Gasteiger partial charge is 0.194 e. The molecule has 0 aromatic heterocycles. The third kappa shape index (κ3) is 3.36. The van der Waals surface area contributed by atoms with Crippen LogP contribution in [0.15, 0.2) is 40.9 Å². The summed E-state index contributed by atoms with van der Waals surface area (Å²) in [4.78, 5) is 0. The van der Waals surface area contributed by atoms with Gasteiger partial charge in [-0.05, 0) is 35.4 Å². The van der Waals surface area contributed by atoms with Gasteiger partial charge in [-0.15, -0.1) is 0 Å². The maximum atomic E-state index is 13.1. The van der Waals surface area contributed by atoms with Crippen molar-refractivity contribution in [2.75, 3.05) is 0 Å². The SMILES string of the molecule is OC(Cc1cccc(Br)c1)c1cc(F)c(F)c(F)c1. The lowest BCUT2D eigenvalue weighted by atomic mass is 10.0. The zero-order chi connectivity index (χ0) is 14.0. The quantitative estimate of drug-likeness (QED) is 0.838. The highest BCUT2D eigenvalue weighted by Crippen LogP contribution is 2.23. The van der Waals surface area contributed by atoms with Crippen molar-refractivity contribution in [2.24, 2.45) is 0 Å². The topological polar surface area (TPSA) is 20.2 Å². The lowest BCUT2D eigenvalue weighted by molar-refractivity contribution is 0.177. The van der Waals surface area contributed by atoms with Crippen LogP contribution in [0.3, 0.4) is 0 Å². The molecule has 1 unspecified atom stereocenters. The van der Waals surface area contributed by atoms with Crippen LogP contribution in [0.25, 0.3) is 0 Å². The Balaban J connectivity index is 2.23. The van der Waals surface area contributed by atoms with Gasteiger partial charge in [0.25, 0.3) is 0 Å². The Morgan fingerprint density at radius 2 is 1.68 bits per heavy atom. The van der Waals surface area contributed by atoms with E-state index in [-0.39, 0.29) is 12.0 Å². The van der Waals surface area contributed by atoms with Gasteiger partial charge < -0.3 is 5.11 Å². The molecule has 0 fully saturated rings. The number of hydrogen-bond donors (Lipinski definition) is 1. The van der Waals surface area contributed by atoms with E-state index in [2.05, 4.69) is 15.9 Å². The van der Waals surface area contributed by atoms with Crippen LogP contribution in [-0.4, -0.2) is 5.11 Å². The number of halogens is 4. The van der Waals surface area contributed by atoms with E-state index < -0.39 is 23.6 Å². The summed E-state index contributed by atoms with van der Waals surface area (Å²) < 4.78 is 39.8. The molecule has 0 saturated heterocycles. The van der Waals surface area contributed by atoms with E-state index in [9.17, 15) is 18.3 Å². The standard InChI is InChI=1S/C14H10BrF3O/c15-10-3-1-2-8(4-10)5-13(19)9-6-11(16)14(18)12(17)7-9/h1-4,6-7,13,19H,5H2. The van der Waals surface area contributed by atoms with Gasteiger partial charge in [-0.2, -0.15) is 0 Å². The van der Waals surface area contributed by atoms with Gasteiger partial charge in [-0.3, -0.25) is 0 Å². The second kappa shape index (κ2) is 5.75. The molecule has 2 aromatic carbocycles. The first-order valence-corrected chi connectivity index (χ1v) is 6.33. The molecule has 0 saturated carbocycles. The van der Waals surface area contributed by atoms with Crippen LogP contribution in [0.4, 0.5) is 13.2 Å². The first-order chi connectivity index (χ1) is 8.97. The first kappa shape index (κ1) is 14.1. The predicted molar refractivity (Wildman–Crippen MR) is 69.1 cm³/mol. The minimum atomic E-state index is -1.53. The van der Waals surface area contributed by atoms with Gasteiger partial charge in [-0.25, -0.2) is 13.2 Å². The zero-order valence-corrected chi connectivity index (χ0v) is 11.3. The molecule has 1 atom stereocenters. The highest BCUT2D eigenvalue weighted by molar-refractivity contribution is 9.10. The zero-order valence-electron chi connectivity index (χ0n) is 9.71. The van der Waals surface area contributed by atoms with Gasteiger partial charge in [-0.1, -0.05) is 28.1 Å². The minimum Gasteiger partial charge on any atom is -0.388 e. The van der Waals surface area contributed by atoms with Crippen molar-refractivity contribution in [3.63, 3.8) is 0 Å². The van der Waals surface area contributed by atoms with Crippen LogP contribution in [-0.2, 0) is 6.42 Å². The van der Waals surface area contributed by atoms with Gasteiger partial charge >= 0.3 is 0 Å². The third-order valence-corrected chi connectivity index (χ3v) is 3.20. The highest BCUT2D eigenvalue weighted by atomic mass is 79.9. The molecule has 0 bridgehead atoms. The van der Waals surface area contributed by atoms with E-state index in [1.165, 1.54) is 0 Å². The van der Waals surface area contributed by atoms with Gasteiger partial charge in [0.1, 0.15) is 0 Å². The molecule has 100 valence electrons. The minimum absolute atomic E-state index is 0.0105. The average Bonchev–Trinajstić information content (AvgIpc) is 2.35. The summed E-state index contributed by atoms with van der Waals surface area (Å²) in [5, 5.41) is 9.93. The maximum absolute atomic E-state index is 13.1. The normalized spacial score (nSPS) is 12.5. The average molecular weight is 331 g/mol. The number of aliphatic hydroxyl groups is 1. The largest absolute Gasteiger partial charge is 0.388 e. The molecular formula is C14H10BrF3O. The lowest BCUT2D eigenvalue weighted by Gasteiger charge is -2.12. The Hall–Kier alpha value is -1.33. The molecule has 0 aliphatic heterocycles. The molecule has 0 heterocycles. The predicted octanol–water partition coefficient (Wildman–Crippen LogP) is 4.14. The molecule has 1 N–H and O–H groups in total. The van der Waals surface area contributed by atoms with Crippen molar-refractivity contribution >= 4 is 15.9 Å². The Morgan fingerprint density at radius 1 is 1.05 bits per heavy atom. The van der Waals surface area contributed by atoms with Gasteiger partial charge in [0.05, 0.1) is 6.10 Å². The van der Waals surface area contributed by atoms with E-state index in [1.807, 2.05) is 6.07 Å². The Kier molecular flexibility index (Phi) is 4.27. The summed E-state index contributed by atoms with van der Waals surface area (Å²) in [7, 11) is 0. The summed E-state index contributed by atoms with van der Waals surface area (Å²) in [5.41, 5.74) is 0.809. The van der Waals surface area contributed by atoms with Crippen LogP contribution in [0.5, 0.6) is 0 Å². The third-order valence-electron chi connectivity index (χ3n) is 2.71. The number of rotatable bonds is 3. The molecule has 0 spiro atoms. The second-order valence-electron chi connectivity index (χ2n) is 4.15. The Morgan fingerprint density at radius 3 is 2.26 bits per heavy atom. The number of hydrogen-bond acceptors (Lipinski definition) is 1. The molecule has 0 amide bonds. The molecule has 2 aromatic rings. The molecule has 0 aliphatic carbocycles. The summed E-state index contributed by atoms with van der Waals surface area (Å²) in [6.45, 7) is 0. The van der Waals surface area contributed by atoms with Gasteiger partial charge in [0, 0.05) is 10.9 Å². The second-order valence-corrected chi connectivity index (χ2v) is 5.06. The Labute approximate surface area is 116 Å². The van der Waals surface area contributed by atoms with Crippen LogP contribution in [0, 0.1) is 17.5 Å². The summed E-state index contributed by atoms with van der Waals surface area (Å²) in [6, 6.07) is 8.80. The monoisotopic (exact) mass is 330 g/mol. The highest BCUT2D eigenvalue weighted by Gasteiger charge is 2.16. The lowest BCUT2D eigenvalue weighted by Crippen LogP contribution is -2.04. The first-order valence-electron chi connectivity index (χ1n) is 5.54. The molecule has 5 heteroatoms. The van der Waals surface area contributed by atoms with Crippen molar-refractivity contribution in [1.29, 1.82) is 0 Å². The summed E-state index contributed by atoms with van der Waals surface area (Å²) in [5.74, 6) is -4.13. The van der Waals surface area contributed by atoms with Crippen LogP contribution in [0.2, 0.25) is 0 Å². The summed E-state index contributed by atoms with van der Waals surface area (Å²) >= 11 is 3.29. The Bertz CT molecular complexity index is 578. The van der Waals surface area contributed by atoms with Crippen molar-refractivity contribution < 1.29 is 18.3 Å². The fourth-order valence-corrected chi connectivity index (χ4v) is 2.22. The van der Waals surface area contributed by atoms with Crippen molar-refractivity contribution in [1.82, 2.24) is 0 Å². The molecule has 0 radical (unpaired) electrons. The van der Waals surface area contributed by atoms with Gasteiger partial charge in [0.15, 0.2) is 17.5 Å². The fraction of sp³-hybridized carbons (Fsp3) is 0.143. The number of aliphatic hydroxyl groups excluding tert-OH is 1. The molecule has 2 rings (SSSR count). The van der Waals surface area contributed by atoms with E-state index in [1.54, 1.807) is 18.2 Å².